The van der Waals surface area contributed by atoms with Crippen LogP contribution in [0.1, 0.15) is 12.8 Å². The molecule has 110 valence electrons. The number of carboxylic acid groups (broad SMARTS) is 1. The maximum Gasteiger partial charge on any atom is 0.410 e. The molecule has 3 fully saturated rings. The molecule has 3 rings (SSSR count). The van der Waals surface area contributed by atoms with Gasteiger partial charge in [0.2, 0.25) is 0 Å². The second-order valence-corrected chi connectivity index (χ2v) is 5.47. The molecule has 0 saturated carbocycles. The zero-order valence-corrected chi connectivity index (χ0v) is 11.2. The van der Waals surface area contributed by atoms with Crippen LogP contribution in [0.5, 0.6) is 0 Å². The first kappa shape index (κ1) is 13.4. The van der Waals surface area contributed by atoms with Crippen LogP contribution in [0.2, 0.25) is 0 Å². The molecule has 0 radical (unpaired) electrons. The van der Waals surface area contributed by atoms with Crippen molar-refractivity contribution in [1.29, 1.82) is 0 Å². The van der Waals surface area contributed by atoms with E-state index in [4.69, 9.17) is 14.2 Å². The summed E-state index contributed by atoms with van der Waals surface area (Å²) in [6.45, 7) is 3.86. The van der Waals surface area contributed by atoms with E-state index in [1.54, 1.807) is 7.05 Å². The average molecular weight is 283 g/mol. The van der Waals surface area contributed by atoms with Gasteiger partial charge in [-0.05, 0) is 0 Å². The van der Waals surface area contributed by atoms with Crippen molar-refractivity contribution < 1.29 is 28.9 Å². The Labute approximate surface area is 116 Å². The van der Waals surface area contributed by atoms with Gasteiger partial charge < -0.3 is 24.2 Å². The molecule has 0 aromatic carbocycles. The Morgan fingerprint density at radius 1 is 1.60 bits per heavy atom. The number of carbonyl (C=O) groups excluding carboxylic acids is 1. The van der Waals surface area contributed by atoms with Gasteiger partial charge in [-0.25, -0.2) is 9.59 Å². The number of likely N-dealkylation sites (N-methyl/N-ethyl adjacent to an activating group) is 1. The van der Waals surface area contributed by atoms with Gasteiger partial charge in [0.25, 0.3) is 0 Å². The summed E-state index contributed by atoms with van der Waals surface area (Å²) in [5.74, 6) is -1.03. The minimum atomic E-state index is -1.32. The summed E-state index contributed by atoms with van der Waals surface area (Å²) in [5.41, 5.74) is -1.32. The molecule has 0 aromatic heterocycles. The minimum Gasteiger partial charge on any atom is -0.479 e. The Hall–Kier alpha value is -1.60. The molecule has 5 atom stereocenters. The van der Waals surface area contributed by atoms with E-state index in [0.29, 0.717) is 0 Å². The SMILES string of the molecule is C=CC[C@]1(C(=O)O)C[C@H]2OC[C@H]3OC(=O)N(C)[C@H]3[C@H]2O1. The number of amides is 1. The topological polar surface area (TPSA) is 85.3 Å². The monoisotopic (exact) mass is 283 g/mol. The van der Waals surface area contributed by atoms with Gasteiger partial charge in [0.1, 0.15) is 18.2 Å². The van der Waals surface area contributed by atoms with Gasteiger partial charge in [0.05, 0.1) is 12.7 Å². The molecular weight excluding hydrogens is 266 g/mol. The first-order valence-electron chi connectivity index (χ1n) is 6.56. The standard InChI is InChI=1S/C13H17NO6/c1-3-4-13(11(15)16)5-7-10(20-13)9-8(6-18-7)19-12(17)14(9)2/h3,7-10H,1,4-6H2,2H3,(H,15,16)/t7-,8-,9-,10+,13-/m1/s1. The third-order valence-corrected chi connectivity index (χ3v) is 4.30. The number of rotatable bonds is 3. The molecule has 7 heteroatoms. The van der Waals surface area contributed by atoms with Crippen molar-refractivity contribution in [3.8, 4) is 0 Å². The zero-order chi connectivity index (χ0) is 14.5. The number of aliphatic carboxylic acids is 1. The predicted molar refractivity (Wildman–Crippen MR) is 66.2 cm³/mol. The number of hydrogen-bond acceptors (Lipinski definition) is 5. The van der Waals surface area contributed by atoms with Crippen LogP contribution in [0.3, 0.4) is 0 Å². The van der Waals surface area contributed by atoms with Crippen molar-refractivity contribution in [1.82, 2.24) is 4.90 Å². The van der Waals surface area contributed by atoms with E-state index in [9.17, 15) is 14.7 Å². The lowest BCUT2D eigenvalue weighted by Gasteiger charge is -2.35. The molecule has 3 aliphatic heterocycles. The summed E-state index contributed by atoms with van der Waals surface area (Å²) in [5, 5.41) is 9.46. The Kier molecular flexibility index (Phi) is 2.98. The molecule has 20 heavy (non-hydrogen) atoms. The van der Waals surface area contributed by atoms with Crippen LogP contribution < -0.4 is 0 Å². The maximum atomic E-state index is 11.6. The molecule has 3 heterocycles. The number of fused-ring (bicyclic) bond motifs is 3. The first-order valence-corrected chi connectivity index (χ1v) is 6.56. The highest BCUT2D eigenvalue weighted by Gasteiger charge is 2.60. The summed E-state index contributed by atoms with van der Waals surface area (Å²) in [6.07, 6.45) is 0.332. The molecule has 0 spiro atoms. The third kappa shape index (κ3) is 1.73. The van der Waals surface area contributed by atoms with E-state index in [2.05, 4.69) is 6.58 Å². The Balaban J connectivity index is 1.88. The number of ether oxygens (including phenoxy) is 3. The van der Waals surface area contributed by atoms with Crippen molar-refractivity contribution in [2.24, 2.45) is 0 Å². The van der Waals surface area contributed by atoms with E-state index in [-0.39, 0.29) is 31.6 Å². The lowest BCUT2D eigenvalue weighted by molar-refractivity contribution is -0.171. The Morgan fingerprint density at radius 3 is 3.00 bits per heavy atom. The van der Waals surface area contributed by atoms with Crippen molar-refractivity contribution in [3.05, 3.63) is 12.7 Å². The summed E-state index contributed by atoms with van der Waals surface area (Å²) in [6, 6.07) is -0.299. The second kappa shape index (κ2) is 4.46. The lowest BCUT2D eigenvalue weighted by atomic mass is 9.91. The fraction of sp³-hybridized carbons (Fsp3) is 0.692. The summed E-state index contributed by atoms with van der Waals surface area (Å²) < 4.78 is 16.6. The predicted octanol–water partition coefficient (Wildman–Crippen LogP) is 0.393. The highest BCUT2D eigenvalue weighted by Crippen LogP contribution is 2.43. The van der Waals surface area contributed by atoms with Gasteiger partial charge in [0.15, 0.2) is 5.60 Å². The molecule has 0 bridgehead atoms. The van der Waals surface area contributed by atoms with E-state index in [1.807, 2.05) is 0 Å². The van der Waals surface area contributed by atoms with E-state index < -0.39 is 29.9 Å². The molecule has 3 saturated heterocycles. The largest absolute Gasteiger partial charge is 0.479 e. The first-order chi connectivity index (χ1) is 9.48. The smallest absolute Gasteiger partial charge is 0.410 e. The van der Waals surface area contributed by atoms with Gasteiger partial charge in [-0.15, -0.1) is 6.58 Å². The number of hydrogen-bond donors (Lipinski definition) is 1. The highest BCUT2D eigenvalue weighted by atomic mass is 16.6. The van der Waals surface area contributed by atoms with Gasteiger partial charge in [0, 0.05) is 19.9 Å². The number of carboxylic acids is 1. The van der Waals surface area contributed by atoms with Crippen LogP contribution in [0.25, 0.3) is 0 Å². The van der Waals surface area contributed by atoms with Crippen LogP contribution in [-0.4, -0.2) is 65.7 Å². The molecule has 3 aliphatic rings. The Bertz CT molecular complexity index is 466. The van der Waals surface area contributed by atoms with E-state index in [1.165, 1.54) is 11.0 Å². The molecule has 0 unspecified atom stereocenters. The van der Waals surface area contributed by atoms with Crippen molar-refractivity contribution in [2.45, 2.75) is 42.8 Å². The van der Waals surface area contributed by atoms with E-state index in [0.717, 1.165) is 0 Å². The summed E-state index contributed by atoms with van der Waals surface area (Å²) >= 11 is 0. The van der Waals surface area contributed by atoms with Crippen molar-refractivity contribution >= 4 is 12.1 Å². The van der Waals surface area contributed by atoms with Crippen LogP contribution in [0, 0.1) is 0 Å². The van der Waals surface area contributed by atoms with Crippen LogP contribution in [0.4, 0.5) is 4.79 Å². The van der Waals surface area contributed by atoms with Gasteiger partial charge in [-0.1, -0.05) is 6.08 Å². The summed E-state index contributed by atoms with van der Waals surface area (Å²) in [4.78, 5) is 24.6. The average Bonchev–Trinajstić information content (AvgIpc) is 2.90. The molecular formula is C13H17NO6. The van der Waals surface area contributed by atoms with Crippen molar-refractivity contribution in [2.75, 3.05) is 13.7 Å². The Morgan fingerprint density at radius 2 is 2.35 bits per heavy atom. The van der Waals surface area contributed by atoms with Gasteiger partial charge in [-0.2, -0.15) is 0 Å². The van der Waals surface area contributed by atoms with Gasteiger partial charge >= 0.3 is 12.1 Å². The van der Waals surface area contributed by atoms with Crippen molar-refractivity contribution in [3.63, 3.8) is 0 Å². The lowest BCUT2D eigenvalue weighted by Crippen LogP contribution is -2.54. The molecule has 7 nitrogen and oxygen atoms in total. The number of nitrogens with zero attached hydrogens (tertiary/aromatic N) is 1. The second-order valence-electron chi connectivity index (χ2n) is 5.47. The highest BCUT2D eigenvalue weighted by molar-refractivity contribution is 5.78. The fourth-order valence-corrected chi connectivity index (χ4v) is 3.30. The number of carbonyl (C=O) groups is 2. The van der Waals surface area contributed by atoms with E-state index >= 15 is 0 Å². The van der Waals surface area contributed by atoms with Crippen LogP contribution >= 0.6 is 0 Å². The normalized spacial score (nSPS) is 42.9. The fourth-order valence-electron chi connectivity index (χ4n) is 3.30. The third-order valence-electron chi connectivity index (χ3n) is 4.30. The molecule has 0 aromatic rings. The van der Waals surface area contributed by atoms with Crippen LogP contribution in [-0.2, 0) is 19.0 Å². The molecule has 0 aliphatic carbocycles. The quantitative estimate of drug-likeness (QED) is 0.754. The van der Waals surface area contributed by atoms with Gasteiger partial charge in [-0.3, -0.25) is 0 Å². The maximum absolute atomic E-state index is 11.6. The summed E-state index contributed by atoms with van der Waals surface area (Å²) in [7, 11) is 1.63. The molecule has 1 amide bonds. The molecule has 1 N–H and O–H groups in total. The minimum absolute atomic E-state index is 0.203. The van der Waals surface area contributed by atoms with Crippen LogP contribution in [0.15, 0.2) is 12.7 Å². The zero-order valence-electron chi connectivity index (χ0n) is 11.2.